The predicted octanol–water partition coefficient (Wildman–Crippen LogP) is 2.56. The van der Waals surface area contributed by atoms with Crippen molar-refractivity contribution in [2.24, 2.45) is 0 Å². The molecule has 2 N–H and O–H groups in total. The van der Waals surface area contributed by atoms with Crippen LogP contribution in [-0.4, -0.2) is 21.4 Å². The number of aromatic nitrogens is 2. The van der Waals surface area contributed by atoms with Crippen molar-refractivity contribution in [3.8, 4) is 5.75 Å². The topological polar surface area (TPSA) is 58.1 Å². The van der Waals surface area contributed by atoms with Gasteiger partial charge in [0.2, 0.25) is 0 Å². The third-order valence-electron chi connectivity index (χ3n) is 2.59. The Hall–Kier alpha value is -2.02. The first-order chi connectivity index (χ1) is 8.79. The van der Waals surface area contributed by atoms with Crippen molar-refractivity contribution in [1.82, 2.24) is 9.97 Å². The molecule has 0 aliphatic heterocycles. The van der Waals surface area contributed by atoms with Crippen molar-refractivity contribution in [1.29, 1.82) is 0 Å². The Kier molecular flexibility index (Phi) is 3.23. The first-order valence-electron chi connectivity index (χ1n) is 5.37. The Morgan fingerprint density at radius 1 is 1.32 bits per heavy atom. The quantitative estimate of drug-likeness (QED) is 0.902. The molecule has 0 fully saturated rings. The van der Waals surface area contributed by atoms with Crippen LogP contribution in [0.25, 0.3) is 0 Å². The van der Waals surface area contributed by atoms with Gasteiger partial charge in [-0.05, 0) is 24.6 Å². The maximum atomic E-state index is 12.1. The lowest BCUT2D eigenvalue weighted by Crippen LogP contribution is -2.25. The number of halogens is 3. The Balaban J connectivity index is 2.33. The Labute approximate surface area is 106 Å². The molecular formula is C12H11F3N2O2. The second-order valence-electron chi connectivity index (χ2n) is 4.09. The minimum atomic E-state index is -4.77. The molecule has 0 saturated heterocycles. The van der Waals surface area contributed by atoms with Gasteiger partial charge in [0.05, 0.1) is 0 Å². The van der Waals surface area contributed by atoms with Crippen LogP contribution >= 0.6 is 0 Å². The summed E-state index contributed by atoms with van der Waals surface area (Å²) in [5, 5.41) is 10.3. The average Bonchev–Trinajstić information content (AvgIpc) is 2.80. The summed E-state index contributed by atoms with van der Waals surface area (Å²) in [6.45, 7) is 1.43. The van der Waals surface area contributed by atoms with Crippen molar-refractivity contribution in [3.05, 3.63) is 48.0 Å². The largest absolute Gasteiger partial charge is 0.573 e. The minimum Gasteiger partial charge on any atom is -0.406 e. The summed E-state index contributed by atoms with van der Waals surface area (Å²) < 4.78 is 40.2. The maximum absolute atomic E-state index is 12.1. The number of alkyl halides is 3. The molecule has 1 aromatic heterocycles. The van der Waals surface area contributed by atoms with E-state index in [1.807, 2.05) is 0 Å². The molecule has 1 atom stereocenters. The predicted molar refractivity (Wildman–Crippen MR) is 60.4 cm³/mol. The number of aliphatic hydroxyl groups is 1. The number of benzene rings is 1. The van der Waals surface area contributed by atoms with E-state index in [4.69, 9.17) is 0 Å². The van der Waals surface area contributed by atoms with Crippen molar-refractivity contribution in [2.45, 2.75) is 18.9 Å². The number of aromatic amines is 1. The number of ether oxygens (including phenoxy) is 1. The molecule has 1 aromatic carbocycles. The summed E-state index contributed by atoms with van der Waals surface area (Å²) in [5.74, 6) is -0.159. The lowest BCUT2D eigenvalue weighted by Gasteiger charge is -2.22. The first-order valence-corrected chi connectivity index (χ1v) is 5.37. The molecular weight excluding hydrogens is 261 g/mol. The van der Waals surface area contributed by atoms with Crippen molar-refractivity contribution in [3.63, 3.8) is 0 Å². The van der Waals surface area contributed by atoms with Crippen LogP contribution in [0.3, 0.4) is 0 Å². The fraction of sp³-hybridized carbons (Fsp3) is 0.250. The molecule has 19 heavy (non-hydrogen) atoms. The van der Waals surface area contributed by atoms with Crippen LogP contribution in [0.4, 0.5) is 13.2 Å². The van der Waals surface area contributed by atoms with Crippen molar-refractivity contribution in [2.75, 3.05) is 0 Å². The lowest BCUT2D eigenvalue weighted by atomic mass is 9.95. The molecule has 102 valence electrons. The average molecular weight is 272 g/mol. The number of nitrogens with zero attached hydrogens (tertiary/aromatic N) is 1. The minimum absolute atomic E-state index is 0.233. The van der Waals surface area contributed by atoms with Crippen LogP contribution in [0, 0.1) is 0 Å². The summed E-state index contributed by atoms with van der Waals surface area (Å²) in [4.78, 5) is 6.62. The van der Waals surface area contributed by atoms with Crippen LogP contribution in [0.2, 0.25) is 0 Å². The normalized spacial score (nSPS) is 15.0. The van der Waals surface area contributed by atoms with Gasteiger partial charge in [-0.15, -0.1) is 13.2 Å². The molecule has 0 aliphatic rings. The van der Waals surface area contributed by atoms with E-state index in [-0.39, 0.29) is 11.4 Å². The van der Waals surface area contributed by atoms with E-state index in [1.165, 1.54) is 31.5 Å². The van der Waals surface area contributed by atoms with Crippen LogP contribution < -0.4 is 4.74 Å². The van der Waals surface area contributed by atoms with Gasteiger partial charge >= 0.3 is 6.36 Å². The molecule has 1 heterocycles. The maximum Gasteiger partial charge on any atom is 0.573 e. The van der Waals surface area contributed by atoms with Crippen molar-refractivity contribution < 1.29 is 23.0 Å². The number of rotatable bonds is 3. The highest BCUT2D eigenvalue weighted by molar-refractivity contribution is 5.35. The molecule has 1 unspecified atom stereocenters. The first kappa shape index (κ1) is 13.4. The van der Waals surface area contributed by atoms with Gasteiger partial charge in [-0.2, -0.15) is 0 Å². The Bertz CT molecular complexity index is 550. The lowest BCUT2D eigenvalue weighted by molar-refractivity contribution is -0.274. The van der Waals surface area contributed by atoms with Crippen molar-refractivity contribution >= 4 is 0 Å². The van der Waals surface area contributed by atoms with Gasteiger partial charge in [0.1, 0.15) is 17.2 Å². The van der Waals surface area contributed by atoms with E-state index in [0.29, 0.717) is 0 Å². The summed E-state index contributed by atoms with van der Waals surface area (Å²) >= 11 is 0. The van der Waals surface area contributed by atoms with Crippen LogP contribution in [0.15, 0.2) is 36.7 Å². The molecule has 0 saturated carbocycles. The van der Waals surface area contributed by atoms with E-state index in [2.05, 4.69) is 14.7 Å². The zero-order chi connectivity index (χ0) is 14.1. The van der Waals surface area contributed by atoms with Crippen LogP contribution in [0.1, 0.15) is 18.3 Å². The summed E-state index contributed by atoms with van der Waals surface area (Å²) in [5.41, 5.74) is -1.29. The molecule has 2 rings (SSSR count). The summed E-state index contributed by atoms with van der Waals surface area (Å²) in [7, 11) is 0. The van der Waals surface area contributed by atoms with Gasteiger partial charge in [-0.25, -0.2) is 4.98 Å². The number of imidazole rings is 1. The van der Waals surface area contributed by atoms with Gasteiger partial charge in [0, 0.05) is 12.4 Å². The monoisotopic (exact) mass is 272 g/mol. The second-order valence-corrected chi connectivity index (χ2v) is 4.09. The molecule has 0 bridgehead atoms. The van der Waals surface area contributed by atoms with Gasteiger partial charge in [-0.3, -0.25) is 0 Å². The van der Waals surface area contributed by atoms with Crippen LogP contribution in [-0.2, 0) is 5.60 Å². The number of nitrogens with one attached hydrogen (secondary N) is 1. The van der Waals surface area contributed by atoms with E-state index in [1.54, 1.807) is 0 Å². The highest BCUT2D eigenvalue weighted by Gasteiger charge is 2.33. The summed E-state index contributed by atoms with van der Waals surface area (Å²) in [6.07, 6.45) is -1.81. The number of hydrogen-bond donors (Lipinski definition) is 2. The molecule has 4 nitrogen and oxygen atoms in total. The fourth-order valence-electron chi connectivity index (χ4n) is 1.66. The van der Waals surface area contributed by atoms with Gasteiger partial charge in [0.15, 0.2) is 0 Å². The standard InChI is InChI=1S/C12H11F3N2O2/c1-11(18,10-16-5-6-17-10)8-3-2-4-9(7-8)19-12(13,14)15/h2-7,18H,1H3,(H,16,17). The zero-order valence-corrected chi connectivity index (χ0v) is 9.90. The molecule has 0 spiro atoms. The van der Waals surface area contributed by atoms with Gasteiger partial charge in [-0.1, -0.05) is 12.1 Å². The van der Waals surface area contributed by atoms with E-state index < -0.39 is 17.7 Å². The smallest absolute Gasteiger partial charge is 0.406 e. The van der Waals surface area contributed by atoms with Gasteiger partial charge < -0.3 is 14.8 Å². The third kappa shape index (κ3) is 3.05. The molecule has 0 amide bonds. The highest BCUT2D eigenvalue weighted by atomic mass is 19.4. The Morgan fingerprint density at radius 2 is 2.05 bits per heavy atom. The summed E-state index contributed by atoms with van der Waals surface area (Å²) in [6, 6.07) is 5.14. The second kappa shape index (κ2) is 4.58. The number of H-pyrrole nitrogens is 1. The molecule has 2 aromatic rings. The van der Waals surface area contributed by atoms with Gasteiger partial charge in [0.25, 0.3) is 0 Å². The number of hydrogen-bond acceptors (Lipinski definition) is 3. The fourth-order valence-corrected chi connectivity index (χ4v) is 1.66. The molecule has 0 aliphatic carbocycles. The third-order valence-corrected chi connectivity index (χ3v) is 2.59. The van der Waals surface area contributed by atoms with Crippen LogP contribution in [0.5, 0.6) is 5.75 Å². The SMILES string of the molecule is CC(O)(c1cccc(OC(F)(F)F)c1)c1ncc[nH]1. The molecule has 7 heteroatoms. The van der Waals surface area contributed by atoms with E-state index >= 15 is 0 Å². The zero-order valence-electron chi connectivity index (χ0n) is 9.90. The Morgan fingerprint density at radius 3 is 2.63 bits per heavy atom. The van der Waals surface area contributed by atoms with E-state index in [9.17, 15) is 18.3 Å². The highest BCUT2D eigenvalue weighted by Crippen LogP contribution is 2.30. The molecule has 0 radical (unpaired) electrons. The van der Waals surface area contributed by atoms with E-state index in [0.717, 1.165) is 12.1 Å².